The van der Waals surface area contributed by atoms with Crippen LogP contribution in [0.5, 0.6) is 11.5 Å². The molecule has 0 spiro atoms. The van der Waals surface area contributed by atoms with E-state index in [1.807, 2.05) is 50.2 Å². The van der Waals surface area contributed by atoms with Crippen LogP contribution in [0.1, 0.15) is 44.5 Å². The molecule has 2 aromatic carbocycles. The Kier molecular flexibility index (Phi) is 9.17. The van der Waals surface area contributed by atoms with Gasteiger partial charge < -0.3 is 29.4 Å². The maximum atomic E-state index is 12.3. The number of methoxy groups -OCH3 is 2. The Morgan fingerprint density at radius 2 is 1.71 bits per heavy atom. The maximum Gasteiger partial charge on any atom is 0.408 e. The first kappa shape index (κ1) is 28.7. The number of carbonyl (C=O) groups excluding carboxylic acids is 1. The van der Waals surface area contributed by atoms with Crippen LogP contribution in [-0.4, -0.2) is 54.6 Å². The minimum absolute atomic E-state index is 0.0393. The Hall–Kier alpha value is -3.85. The summed E-state index contributed by atoms with van der Waals surface area (Å²) in [5.74, 6) is 0.0409. The Morgan fingerprint density at radius 3 is 2.26 bits per heavy atom. The van der Waals surface area contributed by atoms with E-state index in [0.717, 1.165) is 27.8 Å². The molecule has 0 fully saturated rings. The Balaban J connectivity index is 2.11. The molecule has 1 atom stereocenters. The molecule has 3 aromatic rings. The summed E-state index contributed by atoms with van der Waals surface area (Å²) in [7, 11) is 3.19. The highest BCUT2D eigenvalue weighted by Gasteiger charge is 2.26. The van der Waals surface area contributed by atoms with E-state index in [4.69, 9.17) is 23.9 Å². The number of alkyl carbamates (subject to hydrolysis) is 1. The van der Waals surface area contributed by atoms with E-state index in [-0.39, 0.29) is 6.42 Å². The van der Waals surface area contributed by atoms with Crippen molar-refractivity contribution in [3.05, 3.63) is 53.2 Å². The van der Waals surface area contributed by atoms with Crippen molar-refractivity contribution in [2.75, 3.05) is 20.8 Å². The van der Waals surface area contributed by atoms with Gasteiger partial charge in [-0.1, -0.05) is 18.2 Å². The van der Waals surface area contributed by atoms with Crippen molar-refractivity contribution in [3.63, 3.8) is 0 Å². The molecule has 1 amide bonds. The molecule has 38 heavy (non-hydrogen) atoms. The SMILES string of the molecule is CCOCc1cc(OC)c(-c2ccc(CC(NC(=O)OC(C)(C)C)C(=O)O)c3ccc(C)nc23)c(OC)c1. The fourth-order valence-electron chi connectivity index (χ4n) is 4.16. The molecular formula is C29H36N2O7. The van der Waals surface area contributed by atoms with Crippen molar-refractivity contribution in [2.24, 2.45) is 0 Å². The Morgan fingerprint density at radius 1 is 1.05 bits per heavy atom. The molecule has 1 heterocycles. The van der Waals surface area contributed by atoms with Gasteiger partial charge in [-0.05, 0) is 63.9 Å². The fourth-order valence-corrected chi connectivity index (χ4v) is 4.16. The summed E-state index contributed by atoms with van der Waals surface area (Å²) in [5.41, 5.74) is 3.83. The monoisotopic (exact) mass is 524 g/mol. The lowest BCUT2D eigenvalue weighted by Gasteiger charge is -2.22. The average molecular weight is 525 g/mol. The first-order chi connectivity index (χ1) is 18.0. The first-order valence-electron chi connectivity index (χ1n) is 12.4. The third kappa shape index (κ3) is 6.92. The number of nitrogens with one attached hydrogen (secondary N) is 1. The number of fused-ring (bicyclic) bond motifs is 1. The third-order valence-corrected chi connectivity index (χ3v) is 5.81. The van der Waals surface area contributed by atoms with Gasteiger partial charge in [0.2, 0.25) is 0 Å². The third-order valence-electron chi connectivity index (χ3n) is 5.81. The molecule has 0 aliphatic rings. The number of carboxylic acid groups (broad SMARTS) is 1. The summed E-state index contributed by atoms with van der Waals surface area (Å²) < 4.78 is 22.3. The zero-order valence-electron chi connectivity index (χ0n) is 23.0. The second kappa shape index (κ2) is 12.1. The van der Waals surface area contributed by atoms with E-state index in [2.05, 4.69) is 5.32 Å². The summed E-state index contributed by atoms with van der Waals surface area (Å²) in [4.78, 5) is 29.1. The molecule has 0 aliphatic carbocycles. The predicted molar refractivity (Wildman–Crippen MR) is 145 cm³/mol. The van der Waals surface area contributed by atoms with Crippen molar-refractivity contribution in [1.82, 2.24) is 10.3 Å². The summed E-state index contributed by atoms with van der Waals surface area (Å²) >= 11 is 0. The number of aliphatic carboxylic acids is 1. The number of pyridine rings is 1. The summed E-state index contributed by atoms with van der Waals surface area (Å²) in [6.07, 6.45) is -0.751. The molecule has 9 heteroatoms. The fraction of sp³-hybridized carbons (Fsp3) is 0.414. The number of aryl methyl sites for hydroxylation is 1. The van der Waals surface area contributed by atoms with Crippen LogP contribution in [0.4, 0.5) is 4.79 Å². The minimum atomic E-state index is -1.19. The number of carbonyl (C=O) groups is 2. The van der Waals surface area contributed by atoms with E-state index in [0.29, 0.717) is 35.8 Å². The lowest BCUT2D eigenvalue weighted by atomic mass is 9.93. The molecule has 204 valence electrons. The van der Waals surface area contributed by atoms with Gasteiger partial charge in [0.15, 0.2) is 0 Å². The summed E-state index contributed by atoms with van der Waals surface area (Å²) in [5, 5.41) is 13.1. The largest absolute Gasteiger partial charge is 0.496 e. The van der Waals surface area contributed by atoms with Gasteiger partial charge in [-0.3, -0.25) is 4.98 Å². The van der Waals surface area contributed by atoms with Gasteiger partial charge in [-0.2, -0.15) is 0 Å². The highest BCUT2D eigenvalue weighted by Crippen LogP contribution is 2.43. The van der Waals surface area contributed by atoms with Gasteiger partial charge in [0.1, 0.15) is 23.1 Å². The predicted octanol–water partition coefficient (Wildman–Crippen LogP) is 5.28. The van der Waals surface area contributed by atoms with Crippen molar-refractivity contribution in [2.45, 2.75) is 59.3 Å². The number of ether oxygens (including phenoxy) is 4. The normalized spacial score (nSPS) is 12.2. The van der Waals surface area contributed by atoms with Crippen LogP contribution in [-0.2, 0) is 27.3 Å². The smallest absolute Gasteiger partial charge is 0.408 e. The van der Waals surface area contributed by atoms with E-state index >= 15 is 0 Å². The summed E-state index contributed by atoms with van der Waals surface area (Å²) in [6, 6.07) is 10.1. The van der Waals surface area contributed by atoms with Gasteiger partial charge in [0, 0.05) is 29.7 Å². The second-order valence-corrected chi connectivity index (χ2v) is 9.87. The number of nitrogens with zero attached hydrogens (tertiary/aromatic N) is 1. The molecule has 1 unspecified atom stereocenters. The van der Waals surface area contributed by atoms with Gasteiger partial charge in [0.25, 0.3) is 0 Å². The van der Waals surface area contributed by atoms with Crippen molar-refractivity contribution in [1.29, 1.82) is 0 Å². The Bertz CT molecular complexity index is 1290. The number of hydrogen-bond acceptors (Lipinski definition) is 7. The zero-order valence-corrected chi connectivity index (χ0v) is 23.0. The molecular weight excluding hydrogens is 488 g/mol. The number of hydrogen-bond donors (Lipinski definition) is 2. The molecule has 0 saturated carbocycles. The van der Waals surface area contributed by atoms with Crippen LogP contribution < -0.4 is 14.8 Å². The second-order valence-electron chi connectivity index (χ2n) is 9.87. The quantitative estimate of drug-likeness (QED) is 0.368. The molecule has 1 aromatic heterocycles. The molecule has 9 nitrogen and oxygen atoms in total. The van der Waals surface area contributed by atoms with Gasteiger partial charge in [-0.15, -0.1) is 0 Å². The van der Waals surface area contributed by atoms with E-state index in [1.165, 1.54) is 0 Å². The van der Waals surface area contributed by atoms with Gasteiger partial charge in [-0.25, -0.2) is 9.59 Å². The van der Waals surface area contributed by atoms with Crippen molar-refractivity contribution in [3.8, 4) is 22.6 Å². The first-order valence-corrected chi connectivity index (χ1v) is 12.4. The topological polar surface area (TPSA) is 116 Å². The van der Waals surface area contributed by atoms with Gasteiger partial charge >= 0.3 is 12.1 Å². The molecule has 0 aliphatic heterocycles. The number of aromatic nitrogens is 1. The highest BCUT2D eigenvalue weighted by molar-refractivity contribution is 5.99. The number of carboxylic acids is 1. The minimum Gasteiger partial charge on any atom is -0.496 e. The zero-order chi connectivity index (χ0) is 28.0. The van der Waals surface area contributed by atoms with Crippen molar-refractivity contribution < 1.29 is 33.6 Å². The molecule has 2 N–H and O–H groups in total. The van der Waals surface area contributed by atoms with E-state index < -0.39 is 23.7 Å². The van der Waals surface area contributed by atoms with Crippen LogP contribution in [0.2, 0.25) is 0 Å². The maximum absolute atomic E-state index is 12.3. The summed E-state index contributed by atoms with van der Waals surface area (Å²) in [6.45, 7) is 9.98. The van der Waals surface area contributed by atoms with Gasteiger partial charge in [0.05, 0.1) is 31.9 Å². The van der Waals surface area contributed by atoms with Crippen LogP contribution >= 0.6 is 0 Å². The van der Waals surface area contributed by atoms with Crippen LogP contribution in [0.15, 0.2) is 36.4 Å². The van der Waals surface area contributed by atoms with Crippen LogP contribution in [0.3, 0.4) is 0 Å². The standard InChI is InChI=1S/C29H36N2O7/c1-8-37-16-18-13-23(35-6)25(24(14-18)36-7)21-12-10-19(20-11-9-17(2)30-26(20)21)15-22(27(32)33)31-28(34)38-29(3,4)5/h9-14,22H,8,15-16H2,1-7H3,(H,31,34)(H,32,33). The highest BCUT2D eigenvalue weighted by atomic mass is 16.6. The van der Waals surface area contributed by atoms with E-state index in [1.54, 1.807) is 35.0 Å². The molecule has 0 bridgehead atoms. The van der Waals surface area contributed by atoms with Crippen LogP contribution in [0, 0.1) is 6.92 Å². The van der Waals surface area contributed by atoms with Crippen molar-refractivity contribution >= 4 is 23.0 Å². The lowest BCUT2D eigenvalue weighted by Crippen LogP contribution is -2.44. The van der Waals surface area contributed by atoms with Crippen LogP contribution in [0.25, 0.3) is 22.0 Å². The lowest BCUT2D eigenvalue weighted by molar-refractivity contribution is -0.139. The molecule has 0 saturated heterocycles. The average Bonchev–Trinajstić information content (AvgIpc) is 2.85. The molecule has 3 rings (SSSR count). The van der Waals surface area contributed by atoms with E-state index in [9.17, 15) is 14.7 Å². The molecule has 0 radical (unpaired) electrons. The number of amides is 1. The number of benzene rings is 2. The Labute approximate surface area is 223 Å². The number of rotatable bonds is 10.